The Balaban J connectivity index is 1.69. The zero-order valence-electron chi connectivity index (χ0n) is 13.9. The van der Waals surface area contributed by atoms with Crippen molar-refractivity contribution in [3.63, 3.8) is 0 Å². The fourth-order valence-electron chi connectivity index (χ4n) is 2.70. The SMILES string of the molecule is O=C(/C=C/c1cccs1)N1CCN(S(=O)(=O)c2c(Cl)cc(Br)cc2Cl)CC1. The molecule has 1 aromatic carbocycles. The van der Waals surface area contributed by atoms with Crippen molar-refractivity contribution in [1.29, 1.82) is 0 Å². The molecule has 1 aliphatic heterocycles. The van der Waals surface area contributed by atoms with Gasteiger partial charge in [0.25, 0.3) is 0 Å². The minimum Gasteiger partial charge on any atom is -0.337 e. The van der Waals surface area contributed by atoms with E-state index in [0.29, 0.717) is 17.6 Å². The molecule has 0 radical (unpaired) electrons. The van der Waals surface area contributed by atoms with Crippen molar-refractivity contribution in [2.75, 3.05) is 26.2 Å². The lowest BCUT2D eigenvalue weighted by Gasteiger charge is -2.33. The summed E-state index contributed by atoms with van der Waals surface area (Å²) < 4.78 is 27.8. The molecule has 0 atom stereocenters. The molecule has 2 heterocycles. The molecular formula is C17H15BrCl2N2O3S2. The van der Waals surface area contributed by atoms with Gasteiger partial charge < -0.3 is 4.90 Å². The van der Waals surface area contributed by atoms with E-state index < -0.39 is 10.0 Å². The number of carbonyl (C=O) groups excluding carboxylic acids is 1. The zero-order valence-corrected chi connectivity index (χ0v) is 18.7. The van der Waals surface area contributed by atoms with E-state index in [4.69, 9.17) is 23.2 Å². The Morgan fingerprint density at radius 2 is 1.78 bits per heavy atom. The van der Waals surface area contributed by atoms with Crippen molar-refractivity contribution in [2.24, 2.45) is 0 Å². The summed E-state index contributed by atoms with van der Waals surface area (Å²) in [6.45, 7) is 0.977. The summed E-state index contributed by atoms with van der Waals surface area (Å²) in [5, 5.41) is 2.06. The molecule has 1 aliphatic rings. The fraction of sp³-hybridized carbons (Fsp3) is 0.235. The maximum atomic E-state index is 12.9. The van der Waals surface area contributed by atoms with Crippen molar-refractivity contribution in [3.05, 3.63) is 55.1 Å². The Labute approximate surface area is 180 Å². The number of nitrogens with zero attached hydrogens (tertiary/aromatic N) is 2. The van der Waals surface area contributed by atoms with Gasteiger partial charge in [0, 0.05) is 41.6 Å². The molecule has 3 rings (SSSR count). The summed E-state index contributed by atoms with van der Waals surface area (Å²) in [6.07, 6.45) is 3.27. The molecule has 1 fully saturated rings. The average molecular weight is 510 g/mol. The van der Waals surface area contributed by atoms with Crippen LogP contribution in [0.5, 0.6) is 0 Å². The van der Waals surface area contributed by atoms with Crippen LogP contribution in [0.15, 0.2) is 45.1 Å². The van der Waals surface area contributed by atoms with Crippen LogP contribution in [0.2, 0.25) is 10.0 Å². The van der Waals surface area contributed by atoms with Crippen LogP contribution >= 0.6 is 50.5 Å². The normalized spacial score (nSPS) is 16.2. The third kappa shape index (κ3) is 4.75. The van der Waals surface area contributed by atoms with Crippen LogP contribution in [-0.4, -0.2) is 49.7 Å². The van der Waals surface area contributed by atoms with Crippen LogP contribution in [0.1, 0.15) is 4.88 Å². The van der Waals surface area contributed by atoms with Gasteiger partial charge >= 0.3 is 0 Å². The molecule has 144 valence electrons. The van der Waals surface area contributed by atoms with E-state index in [1.165, 1.54) is 22.5 Å². The molecule has 27 heavy (non-hydrogen) atoms. The van der Waals surface area contributed by atoms with Gasteiger partial charge in [-0.2, -0.15) is 4.31 Å². The molecule has 1 aromatic heterocycles. The number of thiophene rings is 1. The van der Waals surface area contributed by atoms with Crippen molar-refractivity contribution in [1.82, 2.24) is 9.21 Å². The summed E-state index contributed by atoms with van der Waals surface area (Å²) in [4.78, 5) is 14.8. The van der Waals surface area contributed by atoms with Gasteiger partial charge in [0.2, 0.25) is 15.9 Å². The Morgan fingerprint density at radius 3 is 2.33 bits per heavy atom. The van der Waals surface area contributed by atoms with Crippen molar-refractivity contribution < 1.29 is 13.2 Å². The Morgan fingerprint density at radius 1 is 1.15 bits per heavy atom. The Kier molecular flexibility index (Phi) is 6.66. The minimum atomic E-state index is -3.84. The first kappa shape index (κ1) is 20.8. The number of halogens is 3. The number of amides is 1. The van der Waals surface area contributed by atoms with Gasteiger partial charge in [0.05, 0.1) is 10.0 Å². The smallest absolute Gasteiger partial charge is 0.246 e. The summed E-state index contributed by atoms with van der Waals surface area (Å²) in [5.74, 6) is -0.139. The maximum absolute atomic E-state index is 12.9. The van der Waals surface area contributed by atoms with E-state index in [1.54, 1.807) is 22.3 Å². The predicted octanol–water partition coefficient (Wildman–Crippen LogP) is 4.36. The average Bonchev–Trinajstić information content (AvgIpc) is 3.12. The van der Waals surface area contributed by atoms with Crippen molar-refractivity contribution in [3.8, 4) is 0 Å². The number of carbonyl (C=O) groups is 1. The van der Waals surface area contributed by atoms with Gasteiger partial charge in [0.1, 0.15) is 4.90 Å². The Bertz CT molecular complexity index is 947. The highest BCUT2D eigenvalue weighted by Gasteiger charge is 2.32. The van der Waals surface area contributed by atoms with Gasteiger partial charge in [-0.05, 0) is 29.7 Å². The van der Waals surface area contributed by atoms with E-state index in [9.17, 15) is 13.2 Å². The number of piperazine rings is 1. The quantitative estimate of drug-likeness (QED) is 0.575. The monoisotopic (exact) mass is 508 g/mol. The molecule has 1 amide bonds. The molecule has 0 aliphatic carbocycles. The van der Waals surface area contributed by atoms with Crippen LogP contribution in [0.3, 0.4) is 0 Å². The summed E-state index contributed by atoms with van der Waals surface area (Å²) in [5.41, 5.74) is 0. The summed E-state index contributed by atoms with van der Waals surface area (Å²) in [6, 6.07) is 6.83. The number of rotatable bonds is 4. The molecule has 5 nitrogen and oxygen atoms in total. The van der Waals surface area contributed by atoms with E-state index in [1.807, 2.05) is 17.5 Å². The number of sulfonamides is 1. The number of hydrogen-bond acceptors (Lipinski definition) is 4. The van der Waals surface area contributed by atoms with Crippen LogP contribution < -0.4 is 0 Å². The first-order chi connectivity index (χ1) is 12.8. The fourth-order valence-corrected chi connectivity index (χ4v) is 6.62. The Hall–Kier alpha value is -0.900. The highest BCUT2D eigenvalue weighted by Crippen LogP contribution is 2.35. The van der Waals surface area contributed by atoms with Gasteiger partial charge in [-0.25, -0.2) is 8.42 Å². The van der Waals surface area contributed by atoms with Crippen LogP contribution in [-0.2, 0) is 14.8 Å². The molecule has 0 N–H and O–H groups in total. The van der Waals surface area contributed by atoms with Gasteiger partial charge in [-0.1, -0.05) is 45.2 Å². The van der Waals surface area contributed by atoms with Gasteiger partial charge in [0.15, 0.2) is 0 Å². The highest BCUT2D eigenvalue weighted by atomic mass is 79.9. The summed E-state index contributed by atoms with van der Waals surface area (Å²) in [7, 11) is -3.84. The lowest BCUT2D eigenvalue weighted by atomic mass is 10.3. The summed E-state index contributed by atoms with van der Waals surface area (Å²) >= 11 is 17.0. The van der Waals surface area contributed by atoms with Gasteiger partial charge in [-0.15, -0.1) is 11.3 Å². The number of benzene rings is 1. The van der Waals surface area contributed by atoms with Crippen molar-refractivity contribution >= 4 is 72.5 Å². The zero-order chi connectivity index (χ0) is 19.6. The third-order valence-corrected chi connectivity index (χ3v) is 8.16. The third-order valence-electron chi connectivity index (χ3n) is 4.04. The van der Waals surface area contributed by atoms with E-state index >= 15 is 0 Å². The second-order valence-electron chi connectivity index (χ2n) is 5.78. The first-order valence-corrected chi connectivity index (χ1v) is 11.8. The van der Waals surface area contributed by atoms with Crippen molar-refractivity contribution in [2.45, 2.75) is 4.90 Å². The molecule has 0 bridgehead atoms. The van der Waals surface area contributed by atoms with Gasteiger partial charge in [-0.3, -0.25) is 4.79 Å². The van der Waals surface area contributed by atoms with E-state index in [0.717, 1.165) is 4.88 Å². The molecular weight excluding hydrogens is 495 g/mol. The largest absolute Gasteiger partial charge is 0.337 e. The maximum Gasteiger partial charge on any atom is 0.246 e. The predicted molar refractivity (Wildman–Crippen MR) is 113 cm³/mol. The van der Waals surface area contributed by atoms with Crippen LogP contribution in [0.4, 0.5) is 0 Å². The highest BCUT2D eigenvalue weighted by molar-refractivity contribution is 9.10. The second kappa shape index (κ2) is 8.63. The second-order valence-corrected chi connectivity index (χ2v) is 10.4. The van der Waals surface area contributed by atoms with Crippen LogP contribution in [0, 0.1) is 0 Å². The van der Waals surface area contributed by atoms with Crippen LogP contribution in [0.25, 0.3) is 6.08 Å². The van der Waals surface area contributed by atoms with E-state index in [-0.39, 0.29) is 33.9 Å². The molecule has 0 unspecified atom stereocenters. The lowest BCUT2D eigenvalue weighted by Crippen LogP contribution is -2.50. The molecule has 1 saturated heterocycles. The number of hydrogen-bond donors (Lipinski definition) is 0. The molecule has 2 aromatic rings. The lowest BCUT2D eigenvalue weighted by molar-refractivity contribution is -0.127. The molecule has 0 saturated carbocycles. The molecule has 0 spiro atoms. The first-order valence-electron chi connectivity index (χ1n) is 7.94. The topological polar surface area (TPSA) is 57.7 Å². The van der Waals surface area contributed by atoms with E-state index in [2.05, 4.69) is 15.9 Å². The molecule has 10 heteroatoms. The standard InChI is InChI=1S/C17H15BrCl2N2O3S2/c18-12-10-14(19)17(15(20)11-12)27(24,25)22-7-5-21(6-8-22)16(23)4-3-13-2-1-9-26-13/h1-4,9-11H,5-8H2/b4-3+. The minimum absolute atomic E-state index is 0.0618.